The van der Waals surface area contributed by atoms with Crippen molar-refractivity contribution in [3.05, 3.63) is 95.6 Å². The molecule has 3 aromatic rings. The average molecular weight is 347 g/mol. The lowest BCUT2D eigenvalue weighted by Gasteiger charge is -2.13. The minimum Gasteiger partial charge on any atom is -0.497 e. The molecule has 4 nitrogen and oxygen atoms in total. The summed E-state index contributed by atoms with van der Waals surface area (Å²) in [7, 11) is 1.59. The van der Waals surface area contributed by atoms with E-state index >= 15 is 0 Å². The SMILES string of the molecule is COc1ccc(C(=O)C(N)c2ccc(OCc3ccccc3)cc2)cc1. The van der Waals surface area contributed by atoms with Crippen LogP contribution in [-0.2, 0) is 6.61 Å². The summed E-state index contributed by atoms with van der Waals surface area (Å²) >= 11 is 0. The first-order valence-electron chi connectivity index (χ1n) is 8.38. The highest BCUT2D eigenvalue weighted by molar-refractivity contribution is 6.00. The maximum atomic E-state index is 12.5. The highest BCUT2D eigenvalue weighted by Crippen LogP contribution is 2.21. The predicted octanol–water partition coefficient (Wildman–Crippen LogP) is 4.16. The molecular weight excluding hydrogens is 326 g/mol. The van der Waals surface area contributed by atoms with E-state index in [-0.39, 0.29) is 5.78 Å². The van der Waals surface area contributed by atoms with Gasteiger partial charge in [-0.05, 0) is 47.5 Å². The van der Waals surface area contributed by atoms with E-state index in [2.05, 4.69) is 0 Å². The molecule has 2 N–H and O–H groups in total. The van der Waals surface area contributed by atoms with Crippen LogP contribution in [0.3, 0.4) is 0 Å². The molecule has 0 amide bonds. The maximum absolute atomic E-state index is 12.5. The first-order valence-corrected chi connectivity index (χ1v) is 8.38. The van der Waals surface area contributed by atoms with Crippen LogP contribution in [0.2, 0.25) is 0 Å². The monoisotopic (exact) mass is 347 g/mol. The first-order chi connectivity index (χ1) is 12.7. The second-order valence-corrected chi connectivity index (χ2v) is 5.91. The fourth-order valence-electron chi connectivity index (χ4n) is 2.60. The van der Waals surface area contributed by atoms with Crippen molar-refractivity contribution in [2.24, 2.45) is 5.73 Å². The molecule has 0 saturated carbocycles. The van der Waals surface area contributed by atoms with E-state index in [0.29, 0.717) is 17.9 Å². The van der Waals surface area contributed by atoms with E-state index in [0.717, 1.165) is 16.9 Å². The number of methoxy groups -OCH3 is 1. The summed E-state index contributed by atoms with van der Waals surface area (Å²) < 4.78 is 10.9. The summed E-state index contributed by atoms with van der Waals surface area (Å²) in [5.41, 5.74) is 8.54. The number of ketones is 1. The minimum absolute atomic E-state index is 0.134. The summed E-state index contributed by atoms with van der Waals surface area (Å²) in [6.45, 7) is 0.497. The summed E-state index contributed by atoms with van der Waals surface area (Å²) in [5, 5.41) is 0. The van der Waals surface area contributed by atoms with Gasteiger partial charge in [0.1, 0.15) is 18.1 Å². The van der Waals surface area contributed by atoms with Crippen molar-refractivity contribution < 1.29 is 14.3 Å². The summed E-state index contributed by atoms with van der Waals surface area (Å²) in [6, 6.07) is 23.5. The Bertz CT molecular complexity index is 843. The zero-order chi connectivity index (χ0) is 18.4. The number of ether oxygens (including phenoxy) is 2. The molecule has 3 aromatic carbocycles. The Labute approximate surface area is 153 Å². The third-order valence-corrected chi connectivity index (χ3v) is 4.14. The average Bonchev–Trinajstić information content (AvgIpc) is 2.72. The third kappa shape index (κ3) is 4.29. The number of nitrogens with two attached hydrogens (primary N) is 1. The van der Waals surface area contributed by atoms with E-state index in [4.69, 9.17) is 15.2 Å². The van der Waals surface area contributed by atoms with Crippen LogP contribution in [0.25, 0.3) is 0 Å². The fraction of sp³-hybridized carbons (Fsp3) is 0.136. The highest BCUT2D eigenvalue weighted by Gasteiger charge is 2.17. The molecule has 4 heteroatoms. The van der Waals surface area contributed by atoms with Gasteiger partial charge in [-0.2, -0.15) is 0 Å². The molecule has 0 heterocycles. The van der Waals surface area contributed by atoms with Crippen LogP contribution in [0.5, 0.6) is 11.5 Å². The van der Waals surface area contributed by atoms with E-state index in [1.807, 2.05) is 54.6 Å². The molecule has 0 aliphatic carbocycles. The second kappa shape index (κ2) is 8.32. The predicted molar refractivity (Wildman–Crippen MR) is 101 cm³/mol. The number of carbonyl (C=O) groups excluding carboxylic acids is 1. The van der Waals surface area contributed by atoms with Gasteiger partial charge < -0.3 is 15.2 Å². The van der Waals surface area contributed by atoms with Crippen LogP contribution in [0, 0.1) is 0 Å². The Morgan fingerprint density at radius 2 is 1.50 bits per heavy atom. The maximum Gasteiger partial charge on any atom is 0.184 e. The Balaban J connectivity index is 1.64. The van der Waals surface area contributed by atoms with Gasteiger partial charge >= 0.3 is 0 Å². The van der Waals surface area contributed by atoms with Gasteiger partial charge in [-0.1, -0.05) is 42.5 Å². The molecule has 0 bridgehead atoms. The standard InChI is InChI=1S/C22H21NO3/c1-25-19-11-9-18(10-12-19)22(24)21(23)17-7-13-20(14-8-17)26-15-16-5-3-2-4-6-16/h2-14,21H,15,23H2,1H3. The van der Waals surface area contributed by atoms with Crippen molar-refractivity contribution >= 4 is 5.78 Å². The van der Waals surface area contributed by atoms with E-state index in [9.17, 15) is 4.79 Å². The van der Waals surface area contributed by atoms with Crippen molar-refractivity contribution in [3.8, 4) is 11.5 Å². The van der Waals surface area contributed by atoms with Crippen LogP contribution in [0.1, 0.15) is 27.5 Å². The lowest BCUT2D eigenvalue weighted by atomic mass is 9.98. The van der Waals surface area contributed by atoms with Crippen LogP contribution in [0.15, 0.2) is 78.9 Å². The fourth-order valence-corrected chi connectivity index (χ4v) is 2.60. The van der Waals surface area contributed by atoms with Crippen molar-refractivity contribution in [1.82, 2.24) is 0 Å². The van der Waals surface area contributed by atoms with Crippen molar-refractivity contribution in [1.29, 1.82) is 0 Å². The summed E-state index contributed by atoms with van der Waals surface area (Å²) in [6.07, 6.45) is 0. The quantitative estimate of drug-likeness (QED) is 0.652. The Morgan fingerprint density at radius 1 is 0.885 bits per heavy atom. The number of Topliss-reactive ketones (excluding diaryl/α,β-unsaturated/α-hetero) is 1. The first kappa shape index (κ1) is 17.7. The molecule has 3 rings (SSSR count). The molecule has 132 valence electrons. The number of rotatable bonds is 7. The largest absolute Gasteiger partial charge is 0.497 e. The minimum atomic E-state index is -0.716. The van der Waals surface area contributed by atoms with Crippen molar-refractivity contribution in [2.75, 3.05) is 7.11 Å². The van der Waals surface area contributed by atoms with Crippen LogP contribution >= 0.6 is 0 Å². The summed E-state index contributed by atoms with van der Waals surface area (Å²) in [5.74, 6) is 1.31. The van der Waals surface area contributed by atoms with Gasteiger partial charge in [0.15, 0.2) is 5.78 Å². The Kier molecular flexibility index (Phi) is 5.66. The van der Waals surface area contributed by atoms with Gasteiger partial charge in [0.25, 0.3) is 0 Å². The summed E-state index contributed by atoms with van der Waals surface area (Å²) in [4.78, 5) is 12.5. The van der Waals surface area contributed by atoms with Crippen LogP contribution < -0.4 is 15.2 Å². The molecule has 1 unspecified atom stereocenters. The van der Waals surface area contributed by atoms with Gasteiger partial charge in [0, 0.05) is 5.56 Å². The molecular formula is C22H21NO3. The normalized spacial score (nSPS) is 11.6. The Morgan fingerprint density at radius 3 is 2.12 bits per heavy atom. The van der Waals surface area contributed by atoms with Crippen molar-refractivity contribution in [2.45, 2.75) is 12.6 Å². The second-order valence-electron chi connectivity index (χ2n) is 5.91. The number of benzene rings is 3. The molecule has 0 aliphatic heterocycles. The van der Waals surface area contributed by atoms with Crippen LogP contribution in [-0.4, -0.2) is 12.9 Å². The molecule has 0 aliphatic rings. The highest BCUT2D eigenvalue weighted by atomic mass is 16.5. The molecule has 0 saturated heterocycles. The topological polar surface area (TPSA) is 61.5 Å². The van der Waals surface area contributed by atoms with Crippen molar-refractivity contribution in [3.63, 3.8) is 0 Å². The van der Waals surface area contributed by atoms with Gasteiger partial charge in [-0.3, -0.25) is 4.79 Å². The smallest absolute Gasteiger partial charge is 0.184 e. The van der Waals surface area contributed by atoms with Gasteiger partial charge in [0.05, 0.1) is 13.2 Å². The zero-order valence-electron chi connectivity index (χ0n) is 14.6. The molecule has 0 aromatic heterocycles. The van der Waals surface area contributed by atoms with Gasteiger partial charge in [-0.15, -0.1) is 0 Å². The van der Waals surface area contributed by atoms with E-state index in [1.165, 1.54) is 0 Å². The Hall–Kier alpha value is -3.11. The number of hydrogen-bond acceptors (Lipinski definition) is 4. The zero-order valence-corrected chi connectivity index (χ0v) is 14.6. The molecule has 0 fully saturated rings. The third-order valence-electron chi connectivity index (χ3n) is 4.14. The number of hydrogen-bond donors (Lipinski definition) is 1. The van der Waals surface area contributed by atoms with E-state index < -0.39 is 6.04 Å². The number of carbonyl (C=O) groups is 1. The van der Waals surface area contributed by atoms with Gasteiger partial charge in [-0.25, -0.2) is 0 Å². The molecule has 0 spiro atoms. The lowest BCUT2D eigenvalue weighted by Crippen LogP contribution is -2.21. The lowest BCUT2D eigenvalue weighted by molar-refractivity contribution is 0.0961. The molecule has 26 heavy (non-hydrogen) atoms. The molecule has 1 atom stereocenters. The van der Waals surface area contributed by atoms with E-state index in [1.54, 1.807) is 31.4 Å². The van der Waals surface area contributed by atoms with Gasteiger partial charge in [0.2, 0.25) is 0 Å². The molecule has 0 radical (unpaired) electrons. The van der Waals surface area contributed by atoms with Crippen LogP contribution in [0.4, 0.5) is 0 Å².